The first-order chi connectivity index (χ1) is 10.8. The van der Waals surface area contributed by atoms with Gasteiger partial charge in [0, 0.05) is 0 Å². The van der Waals surface area contributed by atoms with Gasteiger partial charge >= 0.3 is 12.3 Å². The van der Waals surface area contributed by atoms with E-state index in [9.17, 15) is 18.0 Å². The Morgan fingerprint density at radius 2 is 1.74 bits per heavy atom. The predicted octanol–water partition coefficient (Wildman–Crippen LogP) is 4.74. The third-order valence-electron chi connectivity index (χ3n) is 3.23. The van der Waals surface area contributed by atoms with Crippen molar-refractivity contribution in [2.75, 3.05) is 6.61 Å². The lowest BCUT2D eigenvalue weighted by atomic mass is 9.96. The van der Waals surface area contributed by atoms with Gasteiger partial charge in [-0.15, -0.1) is 13.2 Å². The third kappa shape index (κ3) is 4.25. The molecule has 0 heterocycles. The third-order valence-corrected chi connectivity index (χ3v) is 3.23. The highest BCUT2D eigenvalue weighted by molar-refractivity contribution is 5.93. The van der Waals surface area contributed by atoms with E-state index in [-0.39, 0.29) is 12.4 Å². The molecule has 0 aromatic heterocycles. The first kappa shape index (κ1) is 16.9. The Morgan fingerprint density at radius 3 is 2.30 bits per heavy atom. The summed E-state index contributed by atoms with van der Waals surface area (Å²) >= 11 is 0. The maximum absolute atomic E-state index is 12.2. The fourth-order valence-corrected chi connectivity index (χ4v) is 2.21. The standard InChI is InChI=1S/C17H15F3O3/c1-3-22-16(21)15-6-4-5-14(11(15)2)12-7-9-13(10-8-12)23-17(18,19)20/h4-10H,3H2,1-2H3. The lowest BCUT2D eigenvalue weighted by Gasteiger charge is -2.12. The summed E-state index contributed by atoms with van der Waals surface area (Å²) in [6, 6.07) is 10.6. The van der Waals surface area contributed by atoms with Gasteiger partial charge in [0.1, 0.15) is 5.75 Å². The molecule has 0 bridgehead atoms. The summed E-state index contributed by atoms with van der Waals surface area (Å²) in [5.74, 6) is -0.718. The van der Waals surface area contributed by atoms with Gasteiger partial charge in [-0.1, -0.05) is 24.3 Å². The number of ether oxygens (including phenoxy) is 2. The molecule has 23 heavy (non-hydrogen) atoms. The van der Waals surface area contributed by atoms with Crippen LogP contribution in [0.4, 0.5) is 13.2 Å². The van der Waals surface area contributed by atoms with E-state index in [2.05, 4.69) is 4.74 Å². The molecule has 0 aliphatic carbocycles. The Labute approximate surface area is 131 Å². The number of rotatable bonds is 4. The molecule has 2 rings (SSSR count). The van der Waals surface area contributed by atoms with Gasteiger partial charge in [0.2, 0.25) is 0 Å². The first-order valence-corrected chi connectivity index (χ1v) is 6.94. The van der Waals surface area contributed by atoms with Crippen LogP contribution in [-0.4, -0.2) is 18.9 Å². The van der Waals surface area contributed by atoms with Gasteiger partial charge in [0.05, 0.1) is 12.2 Å². The van der Waals surface area contributed by atoms with Crippen LogP contribution in [0, 0.1) is 6.92 Å². The van der Waals surface area contributed by atoms with Crippen molar-refractivity contribution in [3.05, 3.63) is 53.6 Å². The maximum Gasteiger partial charge on any atom is 0.573 e. The van der Waals surface area contributed by atoms with E-state index in [1.54, 1.807) is 32.0 Å². The van der Waals surface area contributed by atoms with Crippen molar-refractivity contribution in [1.29, 1.82) is 0 Å². The van der Waals surface area contributed by atoms with Crippen molar-refractivity contribution < 1.29 is 27.4 Å². The molecule has 0 saturated heterocycles. The van der Waals surface area contributed by atoms with Crippen LogP contribution in [0.15, 0.2) is 42.5 Å². The average Bonchev–Trinajstić information content (AvgIpc) is 2.47. The van der Waals surface area contributed by atoms with E-state index in [0.29, 0.717) is 16.7 Å². The second-order valence-corrected chi connectivity index (χ2v) is 4.77. The molecule has 6 heteroatoms. The van der Waals surface area contributed by atoms with Crippen LogP contribution in [0.2, 0.25) is 0 Å². The zero-order chi connectivity index (χ0) is 17.0. The minimum atomic E-state index is -4.72. The van der Waals surface area contributed by atoms with E-state index in [1.807, 2.05) is 0 Å². The Kier molecular flexibility index (Phi) is 4.93. The highest BCUT2D eigenvalue weighted by atomic mass is 19.4. The van der Waals surface area contributed by atoms with Crippen molar-refractivity contribution in [1.82, 2.24) is 0 Å². The van der Waals surface area contributed by atoms with E-state index in [1.165, 1.54) is 24.3 Å². The number of carbonyl (C=O) groups is 1. The lowest BCUT2D eigenvalue weighted by Crippen LogP contribution is -2.16. The summed E-state index contributed by atoms with van der Waals surface area (Å²) in [6.07, 6.45) is -4.72. The molecule has 3 nitrogen and oxygen atoms in total. The van der Waals surface area contributed by atoms with Crippen molar-refractivity contribution in [3.63, 3.8) is 0 Å². The van der Waals surface area contributed by atoms with Crippen molar-refractivity contribution in [2.45, 2.75) is 20.2 Å². The van der Waals surface area contributed by atoms with E-state index in [4.69, 9.17) is 4.74 Å². The largest absolute Gasteiger partial charge is 0.573 e. The normalized spacial score (nSPS) is 11.2. The first-order valence-electron chi connectivity index (χ1n) is 6.94. The Hall–Kier alpha value is -2.50. The molecule has 0 spiro atoms. The molecule has 0 fully saturated rings. The van der Waals surface area contributed by atoms with Crippen LogP contribution >= 0.6 is 0 Å². The summed E-state index contributed by atoms with van der Waals surface area (Å²) in [6.45, 7) is 3.75. The van der Waals surface area contributed by atoms with Crippen LogP contribution in [0.25, 0.3) is 11.1 Å². The molecule has 0 aliphatic rings. The highest BCUT2D eigenvalue weighted by Gasteiger charge is 2.31. The number of benzene rings is 2. The number of hydrogen-bond donors (Lipinski definition) is 0. The number of esters is 1. The highest BCUT2D eigenvalue weighted by Crippen LogP contribution is 2.29. The molecular formula is C17H15F3O3. The number of carbonyl (C=O) groups excluding carboxylic acids is 1. The minimum Gasteiger partial charge on any atom is -0.462 e. The fraction of sp³-hybridized carbons (Fsp3) is 0.235. The summed E-state index contributed by atoms with van der Waals surface area (Å²) in [7, 11) is 0. The minimum absolute atomic E-state index is 0.270. The van der Waals surface area contributed by atoms with Crippen LogP contribution in [0.3, 0.4) is 0 Å². The second-order valence-electron chi connectivity index (χ2n) is 4.77. The van der Waals surface area contributed by atoms with E-state index < -0.39 is 12.3 Å². The molecule has 0 unspecified atom stereocenters. The molecule has 0 N–H and O–H groups in total. The predicted molar refractivity (Wildman–Crippen MR) is 79.3 cm³/mol. The van der Waals surface area contributed by atoms with Crippen molar-refractivity contribution >= 4 is 5.97 Å². The fourth-order valence-electron chi connectivity index (χ4n) is 2.21. The quantitative estimate of drug-likeness (QED) is 0.762. The topological polar surface area (TPSA) is 35.5 Å². The average molecular weight is 324 g/mol. The van der Waals surface area contributed by atoms with Gasteiger partial charge in [-0.25, -0.2) is 4.79 Å². The van der Waals surface area contributed by atoms with Gasteiger partial charge in [-0.05, 0) is 48.7 Å². The Balaban J connectivity index is 2.32. The van der Waals surface area contributed by atoms with Crippen molar-refractivity contribution in [2.24, 2.45) is 0 Å². The molecule has 0 amide bonds. The SMILES string of the molecule is CCOC(=O)c1cccc(-c2ccc(OC(F)(F)F)cc2)c1C. The van der Waals surface area contributed by atoms with E-state index >= 15 is 0 Å². The van der Waals surface area contributed by atoms with Gasteiger partial charge < -0.3 is 9.47 Å². The number of alkyl halides is 3. The van der Waals surface area contributed by atoms with Gasteiger partial charge in [-0.2, -0.15) is 0 Å². The van der Waals surface area contributed by atoms with Crippen LogP contribution in [0.1, 0.15) is 22.8 Å². The summed E-state index contributed by atoms with van der Waals surface area (Å²) < 4.78 is 45.3. The molecule has 0 atom stereocenters. The van der Waals surface area contributed by atoms with Gasteiger partial charge in [0.25, 0.3) is 0 Å². The van der Waals surface area contributed by atoms with E-state index in [0.717, 1.165) is 5.56 Å². The summed E-state index contributed by atoms with van der Waals surface area (Å²) in [5, 5.41) is 0. The molecule has 122 valence electrons. The smallest absolute Gasteiger partial charge is 0.462 e. The Bertz CT molecular complexity index is 691. The molecule has 0 aliphatic heterocycles. The summed E-state index contributed by atoms with van der Waals surface area (Å²) in [4.78, 5) is 11.9. The monoisotopic (exact) mass is 324 g/mol. The maximum atomic E-state index is 12.2. The molecule has 0 radical (unpaired) electrons. The molecule has 0 saturated carbocycles. The summed E-state index contributed by atoms with van der Waals surface area (Å²) in [5.41, 5.74) is 2.56. The zero-order valence-electron chi connectivity index (χ0n) is 12.6. The van der Waals surface area contributed by atoms with Crippen LogP contribution in [0.5, 0.6) is 5.75 Å². The number of halogens is 3. The zero-order valence-corrected chi connectivity index (χ0v) is 12.6. The van der Waals surface area contributed by atoms with Gasteiger partial charge in [-0.3, -0.25) is 0 Å². The van der Waals surface area contributed by atoms with Crippen LogP contribution in [-0.2, 0) is 4.74 Å². The molecule has 2 aromatic rings. The lowest BCUT2D eigenvalue weighted by molar-refractivity contribution is -0.274. The van der Waals surface area contributed by atoms with Gasteiger partial charge in [0.15, 0.2) is 0 Å². The van der Waals surface area contributed by atoms with Crippen LogP contribution < -0.4 is 4.74 Å². The molecular weight excluding hydrogens is 309 g/mol. The Morgan fingerprint density at radius 1 is 1.09 bits per heavy atom. The second kappa shape index (κ2) is 6.73. The number of hydrogen-bond acceptors (Lipinski definition) is 3. The van der Waals surface area contributed by atoms with Crippen molar-refractivity contribution in [3.8, 4) is 16.9 Å². The molecule has 2 aromatic carbocycles.